The average molecular weight is 447 g/mol. The Morgan fingerprint density at radius 1 is 1.04 bits per heavy atom. The van der Waals surface area contributed by atoms with Gasteiger partial charge in [-0.3, -0.25) is 9.59 Å². The lowest BCUT2D eigenvalue weighted by molar-refractivity contribution is -0.141. The van der Waals surface area contributed by atoms with E-state index in [0.717, 1.165) is 10.0 Å². The summed E-state index contributed by atoms with van der Waals surface area (Å²) in [5, 5.41) is 2.88. The minimum absolute atomic E-state index is 0.0139. The number of nitrogens with zero attached hydrogens (tertiary/aromatic N) is 1. The smallest absolute Gasteiger partial charge is 0.261 e. The maximum atomic E-state index is 12.8. The van der Waals surface area contributed by atoms with Gasteiger partial charge in [0.25, 0.3) is 5.91 Å². The van der Waals surface area contributed by atoms with Crippen LogP contribution >= 0.6 is 15.9 Å². The molecule has 0 heterocycles. The Morgan fingerprint density at radius 3 is 2.29 bits per heavy atom. The van der Waals surface area contributed by atoms with E-state index in [0.29, 0.717) is 18.7 Å². The predicted molar refractivity (Wildman–Crippen MR) is 114 cm³/mol. The molecule has 28 heavy (non-hydrogen) atoms. The minimum Gasteiger partial charge on any atom is -0.484 e. The molecule has 150 valence electrons. The fraction of sp³-hybridized carbons (Fsp3) is 0.364. The van der Waals surface area contributed by atoms with Gasteiger partial charge in [-0.05, 0) is 57.0 Å². The van der Waals surface area contributed by atoms with E-state index in [1.807, 2.05) is 56.3 Å². The molecule has 0 aliphatic rings. The Hall–Kier alpha value is -2.34. The van der Waals surface area contributed by atoms with Crippen LogP contribution in [-0.4, -0.2) is 41.9 Å². The molecule has 2 aromatic rings. The summed E-state index contributed by atoms with van der Waals surface area (Å²) >= 11 is 3.37. The second kappa shape index (κ2) is 10.9. The molecule has 0 saturated carbocycles. The highest BCUT2D eigenvalue weighted by molar-refractivity contribution is 9.10. The third-order valence-corrected chi connectivity index (χ3v) is 4.79. The van der Waals surface area contributed by atoms with Crippen molar-refractivity contribution in [3.63, 3.8) is 0 Å². The van der Waals surface area contributed by atoms with Gasteiger partial charge in [-0.2, -0.15) is 0 Å². The molecular formula is C22H27BrN2O3. The number of benzene rings is 2. The summed E-state index contributed by atoms with van der Waals surface area (Å²) in [6.45, 7) is 5.88. The van der Waals surface area contributed by atoms with Crippen LogP contribution in [0, 0.1) is 0 Å². The van der Waals surface area contributed by atoms with Crippen molar-refractivity contribution < 1.29 is 14.3 Å². The van der Waals surface area contributed by atoms with Crippen molar-refractivity contribution in [2.45, 2.75) is 39.3 Å². The van der Waals surface area contributed by atoms with Gasteiger partial charge in [-0.25, -0.2) is 0 Å². The lowest BCUT2D eigenvalue weighted by atomic mass is 10.1. The van der Waals surface area contributed by atoms with E-state index in [4.69, 9.17) is 4.74 Å². The first-order chi connectivity index (χ1) is 13.4. The van der Waals surface area contributed by atoms with Gasteiger partial charge in [-0.15, -0.1) is 0 Å². The number of rotatable bonds is 9. The van der Waals surface area contributed by atoms with E-state index in [1.165, 1.54) is 0 Å². The molecular weight excluding hydrogens is 420 g/mol. The van der Waals surface area contributed by atoms with Crippen LogP contribution in [0.4, 0.5) is 0 Å². The van der Waals surface area contributed by atoms with Crippen molar-refractivity contribution in [1.82, 2.24) is 10.2 Å². The van der Waals surface area contributed by atoms with E-state index >= 15 is 0 Å². The highest BCUT2D eigenvalue weighted by atomic mass is 79.9. The normalized spacial score (nSPS) is 11.8. The quantitative estimate of drug-likeness (QED) is 0.636. The Balaban J connectivity index is 2.05. The first-order valence-corrected chi connectivity index (χ1v) is 10.2. The first-order valence-electron chi connectivity index (χ1n) is 9.39. The molecule has 1 atom stereocenters. The number of hydrogen-bond acceptors (Lipinski definition) is 3. The lowest BCUT2D eigenvalue weighted by Gasteiger charge is -2.29. The van der Waals surface area contributed by atoms with Gasteiger partial charge in [0.2, 0.25) is 5.91 Å². The summed E-state index contributed by atoms with van der Waals surface area (Å²) in [6.07, 6.45) is 0.671. The first kappa shape index (κ1) is 22.0. The van der Waals surface area contributed by atoms with Gasteiger partial charge in [0.15, 0.2) is 6.61 Å². The van der Waals surface area contributed by atoms with Crippen molar-refractivity contribution in [1.29, 1.82) is 0 Å². The molecule has 0 saturated heterocycles. The number of nitrogens with one attached hydrogen (secondary N) is 1. The fourth-order valence-corrected chi connectivity index (χ4v) is 3.00. The molecule has 2 amide bonds. The maximum Gasteiger partial charge on any atom is 0.261 e. The van der Waals surface area contributed by atoms with Crippen LogP contribution in [0.15, 0.2) is 59.1 Å². The van der Waals surface area contributed by atoms with Crippen LogP contribution < -0.4 is 10.1 Å². The van der Waals surface area contributed by atoms with Crippen LogP contribution in [-0.2, 0) is 16.0 Å². The molecule has 0 spiro atoms. The topological polar surface area (TPSA) is 58.6 Å². The molecule has 0 fully saturated rings. The van der Waals surface area contributed by atoms with Crippen molar-refractivity contribution >= 4 is 27.7 Å². The number of carbonyl (C=O) groups is 2. The summed E-state index contributed by atoms with van der Waals surface area (Å²) in [5.41, 5.74) is 1.12. The molecule has 2 rings (SSSR count). The molecule has 0 aliphatic carbocycles. The van der Waals surface area contributed by atoms with E-state index in [-0.39, 0.29) is 24.5 Å². The van der Waals surface area contributed by atoms with Gasteiger partial charge in [-0.1, -0.05) is 46.3 Å². The summed E-state index contributed by atoms with van der Waals surface area (Å²) in [4.78, 5) is 26.9. The SMILES string of the molecule is CC(C)NC(=O)C(C)N(CCc1ccccc1)C(=O)COc1ccc(Br)cc1. The van der Waals surface area contributed by atoms with E-state index in [2.05, 4.69) is 21.2 Å². The lowest BCUT2D eigenvalue weighted by Crippen LogP contribution is -2.51. The number of hydrogen-bond donors (Lipinski definition) is 1. The summed E-state index contributed by atoms with van der Waals surface area (Å²) in [6, 6.07) is 16.6. The van der Waals surface area contributed by atoms with Crippen molar-refractivity contribution in [3.8, 4) is 5.75 Å². The van der Waals surface area contributed by atoms with Crippen LogP contribution in [0.25, 0.3) is 0 Å². The van der Waals surface area contributed by atoms with Crippen LogP contribution in [0.2, 0.25) is 0 Å². The Bertz CT molecular complexity index is 763. The summed E-state index contributed by atoms with van der Waals surface area (Å²) in [7, 11) is 0. The monoisotopic (exact) mass is 446 g/mol. The van der Waals surface area contributed by atoms with Crippen molar-refractivity contribution in [2.75, 3.05) is 13.2 Å². The van der Waals surface area contributed by atoms with Crippen LogP contribution in [0.5, 0.6) is 5.75 Å². The van der Waals surface area contributed by atoms with Gasteiger partial charge >= 0.3 is 0 Å². The Labute approximate surface area is 175 Å². The largest absolute Gasteiger partial charge is 0.484 e. The molecule has 1 unspecified atom stereocenters. The molecule has 0 bridgehead atoms. The maximum absolute atomic E-state index is 12.8. The zero-order valence-electron chi connectivity index (χ0n) is 16.5. The second-order valence-electron chi connectivity index (χ2n) is 6.90. The molecule has 0 radical (unpaired) electrons. The standard InChI is InChI=1S/C22H27BrN2O3/c1-16(2)24-22(27)17(3)25(14-13-18-7-5-4-6-8-18)21(26)15-28-20-11-9-19(23)10-12-20/h4-12,16-17H,13-15H2,1-3H3,(H,24,27). The zero-order valence-corrected chi connectivity index (χ0v) is 18.1. The fourth-order valence-electron chi connectivity index (χ4n) is 2.73. The number of carbonyl (C=O) groups excluding carboxylic acids is 2. The Kier molecular flexibility index (Phi) is 8.51. The van der Waals surface area contributed by atoms with Gasteiger partial charge in [0.05, 0.1) is 0 Å². The zero-order chi connectivity index (χ0) is 20.5. The van der Waals surface area contributed by atoms with Crippen LogP contribution in [0.1, 0.15) is 26.3 Å². The average Bonchev–Trinajstić information content (AvgIpc) is 2.67. The highest BCUT2D eigenvalue weighted by Gasteiger charge is 2.26. The second-order valence-corrected chi connectivity index (χ2v) is 7.82. The van der Waals surface area contributed by atoms with Gasteiger partial charge in [0.1, 0.15) is 11.8 Å². The third kappa shape index (κ3) is 7.00. The van der Waals surface area contributed by atoms with E-state index < -0.39 is 6.04 Å². The predicted octanol–water partition coefficient (Wildman–Crippen LogP) is 3.81. The van der Waals surface area contributed by atoms with E-state index in [1.54, 1.807) is 24.0 Å². The third-order valence-electron chi connectivity index (χ3n) is 4.26. The number of ether oxygens (including phenoxy) is 1. The molecule has 2 aromatic carbocycles. The molecule has 0 aromatic heterocycles. The molecule has 6 heteroatoms. The Morgan fingerprint density at radius 2 is 1.68 bits per heavy atom. The highest BCUT2D eigenvalue weighted by Crippen LogP contribution is 2.16. The van der Waals surface area contributed by atoms with Crippen molar-refractivity contribution in [2.24, 2.45) is 0 Å². The number of amides is 2. The summed E-state index contributed by atoms with van der Waals surface area (Å²) in [5.74, 6) is 0.226. The summed E-state index contributed by atoms with van der Waals surface area (Å²) < 4.78 is 6.56. The minimum atomic E-state index is -0.577. The molecule has 5 nitrogen and oxygen atoms in total. The van der Waals surface area contributed by atoms with Crippen molar-refractivity contribution in [3.05, 3.63) is 64.6 Å². The van der Waals surface area contributed by atoms with Crippen LogP contribution in [0.3, 0.4) is 0 Å². The van der Waals surface area contributed by atoms with Gasteiger partial charge in [0, 0.05) is 17.1 Å². The van der Waals surface area contributed by atoms with Gasteiger partial charge < -0.3 is 15.0 Å². The molecule has 0 aliphatic heterocycles. The van der Waals surface area contributed by atoms with E-state index in [9.17, 15) is 9.59 Å². The number of halogens is 1. The molecule has 1 N–H and O–H groups in total.